The van der Waals surface area contributed by atoms with Gasteiger partial charge in [-0.25, -0.2) is 18.0 Å². The average molecular weight is 335 g/mol. The van der Waals surface area contributed by atoms with Crippen molar-refractivity contribution in [2.24, 2.45) is 0 Å². The lowest BCUT2D eigenvalue weighted by Gasteiger charge is -2.05. The number of rotatable bonds is 4. The molecule has 0 spiro atoms. The molecule has 0 amide bonds. The third-order valence-corrected chi connectivity index (χ3v) is 3.58. The van der Waals surface area contributed by atoms with E-state index in [9.17, 15) is 18.0 Å². The van der Waals surface area contributed by atoms with Gasteiger partial charge in [-0.1, -0.05) is 12.1 Å². The van der Waals surface area contributed by atoms with E-state index in [-0.39, 0.29) is 23.4 Å². The van der Waals surface area contributed by atoms with E-state index in [1.807, 2.05) is 0 Å². The normalized spacial score (nSPS) is 11.0. The van der Waals surface area contributed by atoms with E-state index in [1.165, 1.54) is 18.2 Å². The van der Waals surface area contributed by atoms with Crippen LogP contribution in [0, 0.1) is 17.5 Å². The molecule has 0 aliphatic heterocycles. The first-order valence-corrected chi connectivity index (χ1v) is 6.98. The lowest BCUT2D eigenvalue weighted by atomic mass is 10.2. The molecule has 0 aliphatic rings. The van der Waals surface area contributed by atoms with Crippen LogP contribution in [-0.4, -0.2) is 19.5 Å². The lowest BCUT2D eigenvalue weighted by molar-refractivity contribution is 0.275. The SMILES string of the molecule is O=c1n(Cc2c(F)cccc2F)cnn1-c1ccc(CO)c(F)c1. The van der Waals surface area contributed by atoms with Crippen LogP contribution < -0.4 is 5.69 Å². The zero-order valence-electron chi connectivity index (χ0n) is 12.3. The van der Waals surface area contributed by atoms with Gasteiger partial charge in [-0.15, -0.1) is 0 Å². The van der Waals surface area contributed by atoms with Crippen LogP contribution in [0.15, 0.2) is 47.5 Å². The highest BCUT2D eigenvalue weighted by molar-refractivity contribution is 5.34. The van der Waals surface area contributed by atoms with Crippen molar-refractivity contribution in [3.05, 3.63) is 81.8 Å². The highest BCUT2D eigenvalue weighted by Gasteiger charge is 2.14. The van der Waals surface area contributed by atoms with E-state index in [2.05, 4.69) is 5.10 Å². The number of nitrogens with zero attached hydrogens (tertiary/aromatic N) is 3. The van der Waals surface area contributed by atoms with Gasteiger partial charge in [0.1, 0.15) is 23.8 Å². The van der Waals surface area contributed by atoms with E-state index >= 15 is 0 Å². The van der Waals surface area contributed by atoms with Crippen molar-refractivity contribution in [1.82, 2.24) is 14.3 Å². The molecule has 0 saturated heterocycles. The number of aliphatic hydroxyl groups excluding tert-OH is 1. The highest BCUT2D eigenvalue weighted by atomic mass is 19.1. The van der Waals surface area contributed by atoms with Gasteiger partial charge in [0, 0.05) is 17.2 Å². The molecule has 2 aromatic carbocycles. The second-order valence-corrected chi connectivity index (χ2v) is 5.09. The summed E-state index contributed by atoms with van der Waals surface area (Å²) >= 11 is 0. The van der Waals surface area contributed by atoms with Gasteiger partial charge in [0.2, 0.25) is 0 Å². The second-order valence-electron chi connectivity index (χ2n) is 5.09. The van der Waals surface area contributed by atoms with Crippen LogP contribution in [0.3, 0.4) is 0 Å². The highest BCUT2D eigenvalue weighted by Crippen LogP contribution is 2.14. The Morgan fingerprint density at radius 3 is 2.38 bits per heavy atom. The van der Waals surface area contributed by atoms with Crippen molar-refractivity contribution in [1.29, 1.82) is 0 Å². The minimum Gasteiger partial charge on any atom is -0.392 e. The van der Waals surface area contributed by atoms with Gasteiger partial charge in [0.25, 0.3) is 0 Å². The van der Waals surface area contributed by atoms with E-state index < -0.39 is 29.7 Å². The van der Waals surface area contributed by atoms with Crippen molar-refractivity contribution in [3.63, 3.8) is 0 Å². The van der Waals surface area contributed by atoms with Crippen LogP contribution in [0.4, 0.5) is 13.2 Å². The summed E-state index contributed by atoms with van der Waals surface area (Å²) in [5, 5.41) is 12.8. The Kier molecular flexibility index (Phi) is 4.22. The molecule has 5 nitrogen and oxygen atoms in total. The summed E-state index contributed by atoms with van der Waals surface area (Å²) in [6.45, 7) is -0.809. The molecule has 24 heavy (non-hydrogen) atoms. The predicted octanol–water partition coefficient (Wildman–Crippen LogP) is 1.99. The van der Waals surface area contributed by atoms with Crippen LogP contribution in [0.2, 0.25) is 0 Å². The Morgan fingerprint density at radius 2 is 1.75 bits per heavy atom. The van der Waals surface area contributed by atoms with Crippen molar-refractivity contribution in [2.45, 2.75) is 13.2 Å². The van der Waals surface area contributed by atoms with Crippen molar-refractivity contribution in [3.8, 4) is 5.69 Å². The molecule has 1 heterocycles. The summed E-state index contributed by atoms with van der Waals surface area (Å²) in [4.78, 5) is 12.3. The fourth-order valence-corrected chi connectivity index (χ4v) is 2.27. The summed E-state index contributed by atoms with van der Waals surface area (Å²) in [6, 6.07) is 7.21. The monoisotopic (exact) mass is 335 g/mol. The standard InChI is InChI=1S/C16H12F3N3O2/c17-13-2-1-3-14(18)12(13)7-21-9-20-22(16(21)24)11-5-4-10(8-23)15(19)6-11/h1-6,9,23H,7-8H2. The molecule has 1 N–H and O–H groups in total. The largest absolute Gasteiger partial charge is 0.392 e. The Bertz CT molecular complexity index is 930. The quantitative estimate of drug-likeness (QED) is 0.793. The van der Waals surface area contributed by atoms with Crippen LogP contribution in [0.5, 0.6) is 0 Å². The maximum absolute atomic E-state index is 13.7. The Hall–Kier alpha value is -2.87. The Morgan fingerprint density at radius 1 is 1.04 bits per heavy atom. The van der Waals surface area contributed by atoms with Gasteiger partial charge in [-0.2, -0.15) is 9.78 Å². The molecule has 0 fully saturated rings. The van der Waals surface area contributed by atoms with Crippen LogP contribution in [-0.2, 0) is 13.2 Å². The number of aromatic nitrogens is 3. The fraction of sp³-hybridized carbons (Fsp3) is 0.125. The summed E-state index contributed by atoms with van der Waals surface area (Å²) in [5.41, 5.74) is -0.711. The predicted molar refractivity (Wildman–Crippen MR) is 79.2 cm³/mol. The van der Waals surface area contributed by atoms with E-state index in [0.29, 0.717) is 0 Å². The van der Waals surface area contributed by atoms with Gasteiger partial charge in [-0.05, 0) is 18.2 Å². The Labute approximate surface area is 134 Å². The molecule has 8 heteroatoms. The molecular formula is C16H12F3N3O2. The third-order valence-electron chi connectivity index (χ3n) is 3.58. The molecular weight excluding hydrogens is 323 g/mol. The molecule has 124 valence electrons. The van der Waals surface area contributed by atoms with Crippen molar-refractivity contribution in [2.75, 3.05) is 0 Å². The third kappa shape index (κ3) is 2.83. The Balaban J connectivity index is 1.98. The molecule has 0 radical (unpaired) electrons. The fourth-order valence-electron chi connectivity index (χ4n) is 2.27. The number of aliphatic hydroxyl groups is 1. The summed E-state index contributed by atoms with van der Waals surface area (Å²) < 4.78 is 43.0. The van der Waals surface area contributed by atoms with Gasteiger partial charge < -0.3 is 5.11 Å². The topological polar surface area (TPSA) is 60.0 Å². The lowest BCUT2D eigenvalue weighted by Crippen LogP contribution is -2.24. The number of hydrogen-bond acceptors (Lipinski definition) is 3. The smallest absolute Gasteiger partial charge is 0.350 e. The first-order chi connectivity index (χ1) is 11.5. The molecule has 0 aliphatic carbocycles. The summed E-state index contributed by atoms with van der Waals surface area (Å²) in [5.74, 6) is -2.22. The van der Waals surface area contributed by atoms with Crippen molar-refractivity contribution < 1.29 is 18.3 Å². The van der Waals surface area contributed by atoms with Gasteiger partial charge in [-0.3, -0.25) is 4.57 Å². The molecule has 3 aromatic rings. The van der Waals surface area contributed by atoms with Gasteiger partial charge >= 0.3 is 5.69 Å². The van der Waals surface area contributed by atoms with Crippen molar-refractivity contribution >= 4 is 0 Å². The number of halogens is 3. The second kappa shape index (κ2) is 6.32. The summed E-state index contributed by atoms with van der Waals surface area (Å²) in [6.07, 6.45) is 1.12. The minimum atomic E-state index is -0.770. The summed E-state index contributed by atoms with van der Waals surface area (Å²) in [7, 11) is 0. The number of benzene rings is 2. The average Bonchev–Trinajstić information content (AvgIpc) is 2.92. The maximum Gasteiger partial charge on any atom is 0.350 e. The molecule has 0 unspecified atom stereocenters. The minimum absolute atomic E-state index is 0.0830. The molecule has 0 atom stereocenters. The zero-order chi connectivity index (χ0) is 17.3. The molecule has 3 rings (SSSR count). The molecule has 0 bridgehead atoms. The zero-order valence-corrected chi connectivity index (χ0v) is 12.3. The maximum atomic E-state index is 13.7. The van der Waals surface area contributed by atoms with Crippen LogP contribution >= 0.6 is 0 Å². The van der Waals surface area contributed by atoms with Crippen LogP contribution in [0.1, 0.15) is 11.1 Å². The molecule has 0 saturated carbocycles. The van der Waals surface area contributed by atoms with Crippen LogP contribution in [0.25, 0.3) is 5.69 Å². The first kappa shape index (κ1) is 16.0. The van der Waals surface area contributed by atoms with Gasteiger partial charge in [0.15, 0.2) is 0 Å². The van der Waals surface area contributed by atoms with E-state index in [0.717, 1.165) is 33.8 Å². The van der Waals surface area contributed by atoms with Gasteiger partial charge in [0.05, 0.1) is 18.8 Å². The first-order valence-electron chi connectivity index (χ1n) is 6.98. The van der Waals surface area contributed by atoms with E-state index in [1.54, 1.807) is 0 Å². The molecule has 1 aromatic heterocycles. The number of hydrogen-bond donors (Lipinski definition) is 1. The van der Waals surface area contributed by atoms with E-state index in [4.69, 9.17) is 5.11 Å².